The normalized spacial score (nSPS) is 9.75. The maximum Gasteiger partial charge on any atom is 0.279 e. The molecule has 0 aliphatic carbocycles. The largest absolute Gasteiger partial charge is 0.324 e. The van der Waals surface area contributed by atoms with E-state index < -0.39 is 0 Å². The Balaban J connectivity index is 3.16. The highest BCUT2D eigenvalue weighted by atomic mass is 32.1. The molecule has 1 amide bonds. The van der Waals surface area contributed by atoms with Crippen molar-refractivity contribution in [2.24, 2.45) is 0 Å². The quantitative estimate of drug-likeness (QED) is 0.547. The Labute approximate surface area is 54.4 Å². The zero-order valence-electron chi connectivity index (χ0n) is 4.72. The van der Waals surface area contributed by atoms with Crippen LogP contribution in [0.4, 0.5) is 4.79 Å². The molecular weight excluding hydrogens is 122 g/mol. The predicted molar refractivity (Wildman–Crippen MR) is 36.9 cm³/mol. The van der Waals surface area contributed by atoms with Crippen molar-refractivity contribution in [2.75, 3.05) is 0 Å². The first kappa shape index (κ1) is 7.56. The SMILES string of the molecule is CCC=CNC(=O)S. The van der Waals surface area contributed by atoms with Crippen LogP contribution in [0.15, 0.2) is 12.3 Å². The third-order valence-electron chi connectivity index (χ3n) is 0.560. The molecule has 0 aromatic heterocycles. The summed E-state index contributed by atoms with van der Waals surface area (Å²) in [5.41, 5.74) is 0. The van der Waals surface area contributed by atoms with Gasteiger partial charge >= 0.3 is 0 Å². The summed E-state index contributed by atoms with van der Waals surface area (Å²) in [5.74, 6) is 0. The van der Waals surface area contributed by atoms with Crippen molar-refractivity contribution in [1.29, 1.82) is 0 Å². The summed E-state index contributed by atoms with van der Waals surface area (Å²) in [6, 6.07) is 0. The fourth-order valence-corrected chi connectivity index (χ4v) is 0.323. The molecular formula is C5H9NOS. The molecule has 3 heteroatoms. The van der Waals surface area contributed by atoms with Crippen LogP contribution in [0.5, 0.6) is 0 Å². The van der Waals surface area contributed by atoms with E-state index >= 15 is 0 Å². The number of carbonyl (C=O) groups is 1. The van der Waals surface area contributed by atoms with Gasteiger partial charge in [0.05, 0.1) is 0 Å². The lowest BCUT2D eigenvalue weighted by Gasteiger charge is -1.86. The van der Waals surface area contributed by atoms with Crippen molar-refractivity contribution < 1.29 is 4.79 Å². The highest BCUT2D eigenvalue weighted by molar-refractivity contribution is 7.96. The third-order valence-corrected chi connectivity index (χ3v) is 0.689. The number of amides is 1. The zero-order chi connectivity index (χ0) is 6.41. The molecule has 2 nitrogen and oxygen atoms in total. The van der Waals surface area contributed by atoms with Gasteiger partial charge in [-0.2, -0.15) is 0 Å². The molecule has 0 saturated carbocycles. The van der Waals surface area contributed by atoms with Crippen molar-refractivity contribution >= 4 is 17.9 Å². The van der Waals surface area contributed by atoms with E-state index in [4.69, 9.17) is 0 Å². The van der Waals surface area contributed by atoms with E-state index in [9.17, 15) is 4.79 Å². The average molecular weight is 131 g/mol. The van der Waals surface area contributed by atoms with E-state index in [1.165, 1.54) is 0 Å². The minimum atomic E-state index is -0.324. The molecule has 46 valence electrons. The van der Waals surface area contributed by atoms with E-state index in [2.05, 4.69) is 17.9 Å². The summed E-state index contributed by atoms with van der Waals surface area (Å²) in [5, 5.41) is 2.07. The maximum absolute atomic E-state index is 10.0. The Hall–Kier alpha value is -0.440. The van der Waals surface area contributed by atoms with Crippen LogP contribution in [-0.2, 0) is 0 Å². The molecule has 0 spiro atoms. The minimum absolute atomic E-state index is 0.324. The van der Waals surface area contributed by atoms with Crippen LogP contribution in [-0.4, -0.2) is 5.24 Å². The van der Waals surface area contributed by atoms with Crippen molar-refractivity contribution in [3.63, 3.8) is 0 Å². The fraction of sp³-hybridized carbons (Fsp3) is 0.400. The first-order chi connectivity index (χ1) is 3.77. The van der Waals surface area contributed by atoms with Gasteiger partial charge in [-0.25, -0.2) is 0 Å². The van der Waals surface area contributed by atoms with Crippen LogP contribution < -0.4 is 5.32 Å². The van der Waals surface area contributed by atoms with Crippen LogP contribution in [0.1, 0.15) is 13.3 Å². The molecule has 1 N–H and O–H groups in total. The van der Waals surface area contributed by atoms with Gasteiger partial charge in [-0.05, 0) is 6.42 Å². The van der Waals surface area contributed by atoms with Gasteiger partial charge in [0, 0.05) is 6.20 Å². The van der Waals surface area contributed by atoms with Crippen molar-refractivity contribution in [2.45, 2.75) is 13.3 Å². The van der Waals surface area contributed by atoms with Gasteiger partial charge < -0.3 is 5.32 Å². The lowest BCUT2D eigenvalue weighted by molar-refractivity contribution is 0.263. The van der Waals surface area contributed by atoms with E-state index in [1.54, 1.807) is 6.20 Å². The molecule has 8 heavy (non-hydrogen) atoms. The maximum atomic E-state index is 10.0. The molecule has 0 unspecified atom stereocenters. The molecule has 0 aromatic carbocycles. The zero-order valence-corrected chi connectivity index (χ0v) is 5.61. The lowest BCUT2D eigenvalue weighted by atomic mass is 10.5. The Morgan fingerprint density at radius 2 is 2.50 bits per heavy atom. The van der Waals surface area contributed by atoms with E-state index in [0.29, 0.717) is 0 Å². The number of nitrogens with one attached hydrogen (secondary N) is 1. The standard InChI is InChI=1S/C5H9NOS/c1-2-3-4-6-5(7)8/h3-4H,2H2,1H3,(H2,6,7,8). The molecule has 0 heterocycles. The smallest absolute Gasteiger partial charge is 0.279 e. The first-order valence-corrected chi connectivity index (χ1v) is 2.86. The highest BCUT2D eigenvalue weighted by Gasteiger charge is 1.79. The highest BCUT2D eigenvalue weighted by Crippen LogP contribution is 1.78. The second kappa shape index (κ2) is 4.71. The molecule has 0 radical (unpaired) electrons. The predicted octanol–water partition coefficient (Wildman–Crippen LogP) is 1.55. The van der Waals surface area contributed by atoms with Crippen molar-refractivity contribution in [1.82, 2.24) is 5.32 Å². The number of hydrogen-bond donors (Lipinski definition) is 2. The van der Waals surface area contributed by atoms with E-state index in [1.807, 2.05) is 13.0 Å². The van der Waals surface area contributed by atoms with Gasteiger partial charge in [0.2, 0.25) is 0 Å². The second-order valence-corrected chi connectivity index (χ2v) is 1.67. The van der Waals surface area contributed by atoms with Crippen molar-refractivity contribution in [3.8, 4) is 0 Å². The van der Waals surface area contributed by atoms with Crippen LogP contribution >= 0.6 is 12.6 Å². The molecule has 0 aromatic rings. The van der Waals surface area contributed by atoms with Gasteiger partial charge in [0.15, 0.2) is 0 Å². The van der Waals surface area contributed by atoms with Crippen molar-refractivity contribution in [3.05, 3.63) is 12.3 Å². The summed E-state index contributed by atoms with van der Waals surface area (Å²) in [6.07, 6.45) is 4.34. The third kappa shape index (κ3) is 5.56. The van der Waals surface area contributed by atoms with E-state index in [0.717, 1.165) is 6.42 Å². The van der Waals surface area contributed by atoms with Crippen LogP contribution in [0, 0.1) is 0 Å². The molecule has 0 atom stereocenters. The molecule has 0 saturated heterocycles. The number of hydrogen-bond acceptors (Lipinski definition) is 1. The molecule has 0 aliphatic rings. The van der Waals surface area contributed by atoms with Gasteiger partial charge in [0.1, 0.15) is 0 Å². The monoisotopic (exact) mass is 131 g/mol. The van der Waals surface area contributed by atoms with Crippen LogP contribution in [0.3, 0.4) is 0 Å². The summed E-state index contributed by atoms with van der Waals surface area (Å²) < 4.78 is 0. The number of thiol groups is 1. The fourth-order valence-electron chi connectivity index (χ4n) is 0.248. The number of allylic oxidation sites excluding steroid dienone is 1. The molecule has 0 rings (SSSR count). The lowest BCUT2D eigenvalue weighted by Crippen LogP contribution is -2.06. The van der Waals surface area contributed by atoms with Gasteiger partial charge in [-0.3, -0.25) is 4.79 Å². The Kier molecular flexibility index (Phi) is 4.45. The Morgan fingerprint density at radius 3 is 2.88 bits per heavy atom. The molecule has 0 aliphatic heterocycles. The second-order valence-electron chi connectivity index (χ2n) is 1.26. The van der Waals surface area contributed by atoms with Gasteiger partial charge in [-0.1, -0.05) is 25.6 Å². The van der Waals surface area contributed by atoms with E-state index in [-0.39, 0.29) is 5.24 Å². The molecule has 0 bridgehead atoms. The summed E-state index contributed by atoms with van der Waals surface area (Å²) in [7, 11) is 0. The first-order valence-electron chi connectivity index (χ1n) is 2.42. The van der Waals surface area contributed by atoms with Crippen LogP contribution in [0.2, 0.25) is 0 Å². The number of carbonyl (C=O) groups excluding carboxylic acids is 1. The van der Waals surface area contributed by atoms with Gasteiger partial charge in [0.25, 0.3) is 5.24 Å². The molecule has 0 fully saturated rings. The Bertz CT molecular complexity index is 101. The number of rotatable bonds is 2. The topological polar surface area (TPSA) is 29.1 Å². The minimum Gasteiger partial charge on any atom is -0.324 e. The summed E-state index contributed by atoms with van der Waals surface area (Å²) >= 11 is 3.47. The summed E-state index contributed by atoms with van der Waals surface area (Å²) in [4.78, 5) is 10.0. The average Bonchev–Trinajstić information content (AvgIpc) is 1.66. The Morgan fingerprint density at radius 1 is 1.88 bits per heavy atom. The summed E-state index contributed by atoms with van der Waals surface area (Å²) in [6.45, 7) is 1.99. The van der Waals surface area contributed by atoms with Gasteiger partial charge in [-0.15, -0.1) is 0 Å². The van der Waals surface area contributed by atoms with Crippen LogP contribution in [0.25, 0.3) is 0 Å².